The SMILES string of the molecule is Fc1ccc(N2CCN(C=Cc3nnnn3-c3ccc4ccccc4c3)CC2)cc1. The zero-order valence-corrected chi connectivity index (χ0v) is 16.4. The van der Waals surface area contributed by atoms with Crippen LogP contribution in [-0.4, -0.2) is 51.3 Å². The fourth-order valence-electron chi connectivity index (χ4n) is 3.74. The van der Waals surface area contributed by atoms with Crippen LogP contribution in [-0.2, 0) is 0 Å². The molecule has 1 fully saturated rings. The van der Waals surface area contributed by atoms with Crippen LogP contribution in [0.3, 0.4) is 0 Å². The van der Waals surface area contributed by atoms with Crippen LogP contribution >= 0.6 is 0 Å². The molecule has 0 spiro atoms. The van der Waals surface area contributed by atoms with Crippen molar-refractivity contribution in [2.24, 2.45) is 0 Å². The first kappa shape index (κ1) is 18.3. The summed E-state index contributed by atoms with van der Waals surface area (Å²) in [5.74, 6) is 0.482. The third-order valence-electron chi connectivity index (χ3n) is 5.41. The van der Waals surface area contributed by atoms with E-state index in [4.69, 9.17) is 0 Å². The maximum atomic E-state index is 13.1. The predicted molar refractivity (Wildman–Crippen MR) is 116 cm³/mol. The smallest absolute Gasteiger partial charge is 0.181 e. The molecule has 2 heterocycles. The summed E-state index contributed by atoms with van der Waals surface area (Å²) < 4.78 is 14.9. The van der Waals surface area contributed by atoms with Crippen molar-refractivity contribution in [1.29, 1.82) is 0 Å². The normalized spacial score (nSPS) is 14.7. The van der Waals surface area contributed by atoms with Gasteiger partial charge in [0, 0.05) is 44.1 Å². The fourth-order valence-corrected chi connectivity index (χ4v) is 3.74. The van der Waals surface area contributed by atoms with Gasteiger partial charge in [0.1, 0.15) is 5.82 Å². The van der Waals surface area contributed by atoms with E-state index < -0.39 is 0 Å². The molecule has 1 aliphatic rings. The molecule has 0 radical (unpaired) electrons. The van der Waals surface area contributed by atoms with Crippen molar-refractivity contribution in [3.8, 4) is 5.69 Å². The van der Waals surface area contributed by atoms with E-state index in [-0.39, 0.29) is 5.82 Å². The first-order valence-electron chi connectivity index (χ1n) is 9.97. The molecule has 0 unspecified atom stereocenters. The van der Waals surface area contributed by atoms with Gasteiger partial charge in [-0.2, -0.15) is 4.68 Å². The monoisotopic (exact) mass is 400 g/mol. The van der Waals surface area contributed by atoms with Crippen molar-refractivity contribution >= 4 is 22.5 Å². The van der Waals surface area contributed by atoms with Crippen LogP contribution in [0.25, 0.3) is 22.5 Å². The lowest BCUT2D eigenvalue weighted by Crippen LogP contribution is -2.44. The molecule has 4 aromatic rings. The minimum atomic E-state index is -0.204. The van der Waals surface area contributed by atoms with Gasteiger partial charge in [-0.05, 0) is 57.6 Å². The molecule has 0 bridgehead atoms. The van der Waals surface area contributed by atoms with Crippen molar-refractivity contribution in [3.63, 3.8) is 0 Å². The molecule has 3 aromatic carbocycles. The minimum absolute atomic E-state index is 0.204. The average Bonchev–Trinajstić information content (AvgIpc) is 3.27. The first-order valence-corrected chi connectivity index (χ1v) is 9.97. The van der Waals surface area contributed by atoms with Gasteiger partial charge in [-0.25, -0.2) is 4.39 Å². The Morgan fingerprint density at radius 1 is 0.800 bits per heavy atom. The Balaban J connectivity index is 1.28. The molecule has 0 amide bonds. The number of hydrogen-bond donors (Lipinski definition) is 0. The van der Waals surface area contributed by atoms with Gasteiger partial charge < -0.3 is 9.80 Å². The highest BCUT2D eigenvalue weighted by Crippen LogP contribution is 2.20. The lowest BCUT2D eigenvalue weighted by Gasteiger charge is -2.35. The van der Waals surface area contributed by atoms with E-state index in [0.717, 1.165) is 42.9 Å². The van der Waals surface area contributed by atoms with Crippen LogP contribution in [0.15, 0.2) is 72.9 Å². The van der Waals surface area contributed by atoms with Crippen molar-refractivity contribution in [2.45, 2.75) is 0 Å². The number of halogens is 1. The zero-order chi connectivity index (χ0) is 20.3. The van der Waals surface area contributed by atoms with Crippen molar-refractivity contribution in [3.05, 3.63) is 84.6 Å². The second kappa shape index (κ2) is 7.94. The van der Waals surface area contributed by atoms with E-state index in [9.17, 15) is 4.39 Å². The molecule has 0 aliphatic carbocycles. The Hall–Kier alpha value is -3.74. The van der Waals surface area contributed by atoms with E-state index in [1.807, 2.05) is 42.6 Å². The molecule has 1 aromatic heterocycles. The number of piperazine rings is 1. The Bertz CT molecular complexity index is 1180. The summed E-state index contributed by atoms with van der Waals surface area (Å²) in [5.41, 5.74) is 1.99. The number of fused-ring (bicyclic) bond motifs is 1. The maximum absolute atomic E-state index is 13.1. The van der Waals surface area contributed by atoms with E-state index in [1.54, 1.807) is 4.68 Å². The number of aromatic nitrogens is 4. The number of anilines is 1. The summed E-state index contributed by atoms with van der Waals surface area (Å²) in [6, 6.07) is 21.1. The van der Waals surface area contributed by atoms with Gasteiger partial charge in [0.05, 0.1) is 5.69 Å². The summed E-state index contributed by atoms with van der Waals surface area (Å²) in [4.78, 5) is 4.52. The molecule has 0 saturated carbocycles. The number of benzene rings is 3. The Kier molecular flexibility index (Phi) is 4.85. The van der Waals surface area contributed by atoms with Crippen molar-refractivity contribution in [1.82, 2.24) is 25.1 Å². The molecule has 0 N–H and O–H groups in total. The van der Waals surface area contributed by atoms with E-state index in [2.05, 4.69) is 49.6 Å². The van der Waals surface area contributed by atoms with Crippen LogP contribution < -0.4 is 4.90 Å². The molecule has 7 heteroatoms. The van der Waals surface area contributed by atoms with Gasteiger partial charge in [-0.15, -0.1) is 5.10 Å². The quantitative estimate of drug-likeness (QED) is 0.522. The summed E-state index contributed by atoms with van der Waals surface area (Å²) in [5, 5.41) is 14.5. The highest BCUT2D eigenvalue weighted by molar-refractivity contribution is 5.84. The Labute approximate surface area is 173 Å². The number of nitrogens with zero attached hydrogens (tertiary/aromatic N) is 6. The molecule has 6 nitrogen and oxygen atoms in total. The third-order valence-corrected chi connectivity index (χ3v) is 5.41. The Morgan fingerprint density at radius 3 is 2.33 bits per heavy atom. The molecule has 1 saturated heterocycles. The summed E-state index contributed by atoms with van der Waals surface area (Å²) in [6.45, 7) is 3.52. The molecular formula is C23H21FN6. The second-order valence-electron chi connectivity index (χ2n) is 7.30. The van der Waals surface area contributed by atoms with E-state index in [1.165, 1.54) is 17.5 Å². The van der Waals surface area contributed by atoms with Crippen LogP contribution in [0.2, 0.25) is 0 Å². The van der Waals surface area contributed by atoms with Gasteiger partial charge >= 0.3 is 0 Å². The van der Waals surface area contributed by atoms with Gasteiger partial charge in [0.25, 0.3) is 0 Å². The summed E-state index contributed by atoms with van der Waals surface area (Å²) >= 11 is 0. The van der Waals surface area contributed by atoms with E-state index >= 15 is 0 Å². The minimum Gasteiger partial charge on any atom is -0.374 e. The molecule has 0 atom stereocenters. The van der Waals surface area contributed by atoms with Gasteiger partial charge in [-0.3, -0.25) is 0 Å². The number of tetrazole rings is 1. The maximum Gasteiger partial charge on any atom is 0.181 e. The Morgan fingerprint density at radius 2 is 1.53 bits per heavy atom. The molecular weight excluding hydrogens is 379 g/mol. The topological polar surface area (TPSA) is 50.1 Å². The summed E-state index contributed by atoms with van der Waals surface area (Å²) in [6.07, 6.45) is 3.99. The lowest BCUT2D eigenvalue weighted by atomic mass is 10.1. The van der Waals surface area contributed by atoms with Crippen LogP contribution in [0.4, 0.5) is 10.1 Å². The average molecular weight is 400 g/mol. The molecule has 30 heavy (non-hydrogen) atoms. The first-order chi connectivity index (χ1) is 14.8. The number of rotatable bonds is 4. The van der Waals surface area contributed by atoms with Gasteiger partial charge in [0.15, 0.2) is 5.82 Å². The van der Waals surface area contributed by atoms with Crippen molar-refractivity contribution < 1.29 is 4.39 Å². The predicted octanol–water partition coefficient (Wildman–Crippen LogP) is 3.75. The molecule has 5 rings (SSSR count). The highest BCUT2D eigenvalue weighted by atomic mass is 19.1. The highest BCUT2D eigenvalue weighted by Gasteiger charge is 2.15. The largest absolute Gasteiger partial charge is 0.374 e. The molecule has 1 aliphatic heterocycles. The second-order valence-corrected chi connectivity index (χ2v) is 7.30. The van der Waals surface area contributed by atoms with Gasteiger partial charge in [0.2, 0.25) is 0 Å². The van der Waals surface area contributed by atoms with Crippen LogP contribution in [0, 0.1) is 5.82 Å². The standard InChI is InChI=1S/C23H21FN6/c24-20-6-9-21(10-7-20)29-15-13-28(14-16-29)12-11-23-25-26-27-30(23)22-8-5-18-3-1-2-4-19(18)17-22/h1-12,17H,13-16H2. The summed E-state index contributed by atoms with van der Waals surface area (Å²) in [7, 11) is 0. The zero-order valence-electron chi connectivity index (χ0n) is 16.4. The molecule has 150 valence electrons. The lowest BCUT2D eigenvalue weighted by molar-refractivity contribution is 0.351. The third kappa shape index (κ3) is 3.74. The van der Waals surface area contributed by atoms with Crippen LogP contribution in [0.1, 0.15) is 5.82 Å². The van der Waals surface area contributed by atoms with Crippen molar-refractivity contribution in [2.75, 3.05) is 31.1 Å². The number of hydrogen-bond acceptors (Lipinski definition) is 5. The fraction of sp³-hybridized carbons (Fsp3) is 0.174. The van der Waals surface area contributed by atoms with E-state index in [0.29, 0.717) is 5.82 Å². The van der Waals surface area contributed by atoms with Gasteiger partial charge in [-0.1, -0.05) is 30.3 Å². The van der Waals surface area contributed by atoms with Crippen LogP contribution in [0.5, 0.6) is 0 Å².